The first-order valence-electron chi connectivity index (χ1n) is 12.4. The minimum atomic E-state index is 0.00825. The van der Waals surface area contributed by atoms with E-state index in [1.807, 2.05) is 36.4 Å². The predicted molar refractivity (Wildman–Crippen MR) is 133 cm³/mol. The van der Waals surface area contributed by atoms with Gasteiger partial charge < -0.3 is 19.7 Å². The van der Waals surface area contributed by atoms with Gasteiger partial charge in [0.2, 0.25) is 11.8 Å². The number of amides is 1. The Labute approximate surface area is 203 Å². The largest absolute Gasteiger partial charge is 0.489 e. The lowest BCUT2D eigenvalue weighted by molar-refractivity contribution is -0.123. The number of aromatic nitrogens is 1. The highest BCUT2D eigenvalue weighted by Crippen LogP contribution is 2.34. The third kappa shape index (κ3) is 6.93. The van der Waals surface area contributed by atoms with E-state index in [4.69, 9.17) is 9.47 Å². The van der Waals surface area contributed by atoms with Gasteiger partial charge in [-0.3, -0.25) is 9.69 Å². The van der Waals surface area contributed by atoms with Crippen LogP contribution in [0.3, 0.4) is 0 Å². The number of benzene rings is 1. The molecular formula is C27H38N4O3. The molecular weight excluding hydrogens is 428 g/mol. The first kappa shape index (κ1) is 24.5. The number of piperidine rings is 1. The fourth-order valence-corrected chi connectivity index (χ4v) is 4.60. The number of ether oxygens (including phenoxy) is 2. The van der Waals surface area contributed by atoms with Gasteiger partial charge in [-0.15, -0.1) is 0 Å². The van der Waals surface area contributed by atoms with Crippen molar-refractivity contribution < 1.29 is 14.3 Å². The van der Waals surface area contributed by atoms with E-state index < -0.39 is 0 Å². The molecule has 2 aliphatic heterocycles. The fourth-order valence-electron chi connectivity index (χ4n) is 4.60. The number of carbonyl (C=O) groups is 1. The summed E-state index contributed by atoms with van der Waals surface area (Å²) in [6.07, 6.45) is 5.74. The molecule has 2 aliphatic rings. The van der Waals surface area contributed by atoms with Gasteiger partial charge in [0, 0.05) is 24.3 Å². The molecule has 1 aromatic carbocycles. The van der Waals surface area contributed by atoms with Crippen molar-refractivity contribution in [3.05, 3.63) is 48.2 Å². The Morgan fingerprint density at radius 2 is 1.88 bits per heavy atom. The normalized spacial score (nSPS) is 20.3. The van der Waals surface area contributed by atoms with Crippen LogP contribution in [0.25, 0.3) is 0 Å². The SMILES string of the molecule is CN1CCC(NC(=O)CN2CCCC(C)(C)COc3ccccc3Oc3ncccc3C2)CC1. The number of hydrogen-bond acceptors (Lipinski definition) is 6. The van der Waals surface area contributed by atoms with E-state index >= 15 is 0 Å². The summed E-state index contributed by atoms with van der Waals surface area (Å²) in [4.78, 5) is 22.0. The molecule has 0 bridgehead atoms. The number of pyridine rings is 1. The second kappa shape index (κ2) is 11.2. The molecule has 1 fully saturated rings. The van der Waals surface area contributed by atoms with Gasteiger partial charge in [-0.1, -0.05) is 32.0 Å². The summed E-state index contributed by atoms with van der Waals surface area (Å²) in [7, 11) is 2.13. The van der Waals surface area contributed by atoms with Crippen molar-refractivity contribution in [1.82, 2.24) is 20.1 Å². The Morgan fingerprint density at radius 1 is 1.12 bits per heavy atom. The first-order valence-corrected chi connectivity index (χ1v) is 12.4. The number of nitrogens with one attached hydrogen (secondary N) is 1. The van der Waals surface area contributed by atoms with E-state index in [-0.39, 0.29) is 17.4 Å². The average molecular weight is 467 g/mol. The number of nitrogens with zero attached hydrogens (tertiary/aromatic N) is 3. The number of para-hydroxylation sites is 2. The van der Waals surface area contributed by atoms with Crippen LogP contribution < -0.4 is 14.8 Å². The molecule has 7 heteroatoms. The second-order valence-corrected chi connectivity index (χ2v) is 10.4. The summed E-state index contributed by atoms with van der Waals surface area (Å²) in [5.41, 5.74) is 0.969. The summed E-state index contributed by atoms with van der Waals surface area (Å²) >= 11 is 0. The minimum Gasteiger partial charge on any atom is -0.489 e. The molecule has 0 saturated carbocycles. The third-order valence-electron chi connectivity index (χ3n) is 6.70. The van der Waals surface area contributed by atoms with Crippen LogP contribution >= 0.6 is 0 Å². The van der Waals surface area contributed by atoms with Gasteiger partial charge in [0.1, 0.15) is 0 Å². The van der Waals surface area contributed by atoms with Crippen LogP contribution in [0.1, 0.15) is 45.1 Å². The third-order valence-corrected chi connectivity index (χ3v) is 6.70. The maximum Gasteiger partial charge on any atom is 0.234 e. The Hall–Kier alpha value is -2.64. The monoisotopic (exact) mass is 466 g/mol. The Kier molecular flexibility index (Phi) is 8.06. The lowest BCUT2D eigenvalue weighted by atomic mass is 9.88. The van der Waals surface area contributed by atoms with E-state index in [0.717, 1.165) is 56.6 Å². The van der Waals surface area contributed by atoms with Crippen LogP contribution in [0, 0.1) is 5.41 Å². The van der Waals surface area contributed by atoms with E-state index in [9.17, 15) is 4.79 Å². The molecule has 184 valence electrons. The summed E-state index contributed by atoms with van der Waals surface area (Å²) in [6.45, 7) is 8.91. The van der Waals surface area contributed by atoms with Crippen molar-refractivity contribution in [2.24, 2.45) is 5.41 Å². The van der Waals surface area contributed by atoms with E-state index in [1.165, 1.54) is 0 Å². The zero-order chi connectivity index (χ0) is 24.0. The highest BCUT2D eigenvalue weighted by atomic mass is 16.5. The molecule has 7 nitrogen and oxygen atoms in total. The molecule has 0 aliphatic carbocycles. The number of hydrogen-bond donors (Lipinski definition) is 1. The summed E-state index contributed by atoms with van der Waals surface area (Å²) < 4.78 is 12.4. The highest BCUT2D eigenvalue weighted by molar-refractivity contribution is 5.78. The Bertz CT molecular complexity index is 956. The van der Waals surface area contributed by atoms with Gasteiger partial charge in [-0.25, -0.2) is 4.98 Å². The van der Waals surface area contributed by atoms with Crippen LogP contribution in [0.4, 0.5) is 0 Å². The quantitative estimate of drug-likeness (QED) is 0.735. The maximum absolute atomic E-state index is 13.0. The molecule has 34 heavy (non-hydrogen) atoms. The van der Waals surface area contributed by atoms with Crippen LogP contribution in [-0.2, 0) is 11.3 Å². The Balaban J connectivity index is 1.52. The zero-order valence-electron chi connectivity index (χ0n) is 20.8. The van der Waals surface area contributed by atoms with Crippen molar-refractivity contribution in [2.45, 2.75) is 52.1 Å². The Morgan fingerprint density at radius 3 is 2.68 bits per heavy atom. The lowest BCUT2D eigenvalue weighted by Gasteiger charge is -2.31. The average Bonchev–Trinajstić information content (AvgIpc) is 2.81. The van der Waals surface area contributed by atoms with E-state index in [0.29, 0.717) is 31.3 Å². The van der Waals surface area contributed by atoms with Crippen molar-refractivity contribution >= 4 is 5.91 Å². The maximum atomic E-state index is 13.0. The van der Waals surface area contributed by atoms with Crippen LogP contribution in [0.15, 0.2) is 42.6 Å². The summed E-state index contributed by atoms with van der Waals surface area (Å²) in [6, 6.07) is 12.0. The second-order valence-electron chi connectivity index (χ2n) is 10.4. The summed E-state index contributed by atoms with van der Waals surface area (Å²) in [5, 5.41) is 3.26. The molecule has 1 amide bonds. The molecule has 0 atom stereocenters. The standard InChI is InChI=1S/C27H38N4O3/c1-27(2)13-7-15-31(19-25(32)29-22-11-16-30(3)17-12-22)18-21-8-6-14-28-26(21)34-24-10-5-4-9-23(24)33-20-27/h4-6,8-10,14,22H,7,11-13,15-20H2,1-3H3,(H,29,32). The van der Waals surface area contributed by atoms with Crippen molar-refractivity contribution in [3.63, 3.8) is 0 Å². The number of carbonyl (C=O) groups excluding carboxylic acids is 1. The molecule has 1 aromatic heterocycles. The lowest BCUT2D eigenvalue weighted by Crippen LogP contribution is -2.46. The van der Waals surface area contributed by atoms with Crippen molar-refractivity contribution in [3.8, 4) is 17.4 Å². The van der Waals surface area contributed by atoms with Crippen LogP contribution in [-0.4, -0.2) is 66.6 Å². The zero-order valence-corrected chi connectivity index (χ0v) is 20.8. The molecule has 2 aromatic rings. The molecule has 0 spiro atoms. The highest BCUT2D eigenvalue weighted by Gasteiger charge is 2.24. The number of rotatable bonds is 3. The number of fused-ring (bicyclic) bond motifs is 2. The fraction of sp³-hybridized carbons (Fsp3) is 0.556. The molecule has 1 N–H and O–H groups in total. The van der Waals surface area contributed by atoms with E-state index in [2.05, 4.69) is 41.0 Å². The molecule has 0 unspecified atom stereocenters. The molecule has 1 saturated heterocycles. The molecule has 4 rings (SSSR count). The summed E-state index contributed by atoms with van der Waals surface area (Å²) in [5.74, 6) is 2.03. The topological polar surface area (TPSA) is 66.9 Å². The van der Waals surface area contributed by atoms with Crippen molar-refractivity contribution in [1.29, 1.82) is 0 Å². The predicted octanol–water partition coefficient (Wildman–Crippen LogP) is 4.09. The van der Waals surface area contributed by atoms with Gasteiger partial charge in [0.05, 0.1) is 13.2 Å². The van der Waals surface area contributed by atoms with Crippen LogP contribution in [0.5, 0.6) is 17.4 Å². The minimum absolute atomic E-state index is 0.00825. The molecule has 3 heterocycles. The number of likely N-dealkylation sites (tertiary alicyclic amines) is 1. The van der Waals surface area contributed by atoms with Gasteiger partial charge in [0.15, 0.2) is 11.5 Å². The van der Waals surface area contributed by atoms with Crippen molar-refractivity contribution in [2.75, 3.05) is 39.8 Å². The van der Waals surface area contributed by atoms with E-state index in [1.54, 1.807) is 6.20 Å². The van der Waals surface area contributed by atoms with Gasteiger partial charge in [-0.05, 0) is 76.0 Å². The van der Waals surface area contributed by atoms with Crippen LogP contribution in [0.2, 0.25) is 0 Å². The smallest absolute Gasteiger partial charge is 0.234 e. The first-order chi connectivity index (χ1) is 16.4. The molecule has 0 radical (unpaired) electrons. The van der Waals surface area contributed by atoms with Gasteiger partial charge in [-0.2, -0.15) is 0 Å². The van der Waals surface area contributed by atoms with Gasteiger partial charge >= 0.3 is 0 Å². The van der Waals surface area contributed by atoms with Gasteiger partial charge in [0.25, 0.3) is 0 Å².